The molecule has 4 N–H and O–H groups in total. The van der Waals surface area contributed by atoms with Gasteiger partial charge >= 0.3 is 0 Å². The van der Waals surface area contributed by atoms with Crippen LogP contribution in [0, 0.1) is 5.92 Å². The highest BCUT2D eigenvalue weighted by atomic mass is 16.5. The Morgan fingerprint density at radius 3 is 2.39 bits per heavy atom. The summed E-state index contributed by atoms with van der Waals surface area (Å²) in [7, 11) is 0. The Kier molecular flexibility index (Phi) is 6.73. The first-order valence-electron chi connectivity index (χ1n) is 10.9. The molecule has 0 spiro atoms. The van der Waals surface area contributed by atoms with Crippen molar-refractivity contribution in [3.63, 3.8) is 0 Å². The monoisotopic (exact) mass is 445 g/mol. The molecule has 3 aromatic rings. The molecule has 33 heavy (non-hydrogen) atoms. The van der Waals surface area contributed by atoms with Crippen molar-refractivity contribution in [1.29, 1.82) is 0 Å². The third kappa shape index (κ3) is 5.41. The van der Waals surface area contributed by atoms with Crippen molar-refractivity contribution in [2.75, 3.05) is 30.7 Å². The normalized spacial score (nSPS) is 14.0. The van der Waals surface area contributed by atoms with Gasteiger partial charge in [0.1, 0.15) is 35.2 Å². The van der Waals surface area contributed by atoms with Gasteiger partial charge in [0.25, 0.3) is 0 Å². The fourth-order valence-electron chi connectivity index (χ4n) is 3.89. The van der Waals surface area contributed by atoms with Crippen LogP contribution in [0.3, 0.4) is 0 Å². The van der Waals surface area contributed by atoms with Crippen molar-refractivity contribution in [3.8, 4) is 28.4 Å². The average molecular weight is 446 g/mol. The highest BCUT2D eigenvalue weighted by Gasteiger charge is 2.22. The van der Waals surface area contributed by atoms with E-state index in [0.717, 1.165) is 43.6 Å². The summed E-state index contributed by atoms with van der Waals surface area (Å²) in [5.74, 6) is 2.98. The van der Waals surface area contributed by atoms with E-state index in [-0.39, 0.29) is 11.7 Å². The van der Waals surface area contributed by atoms with E-state index in [4.69, 9.17) is 10.5 Å². The number of rotatable bonds is 7. The lowest BCUT2D eigenvalue weighted by Crippen LogP contribution is -2.39. The summed E-state index contributed by atoms with van der Waals surface area (Å²) < 4.78 is 5.82. The zero-order valence-electron chi connectivity index (χ0n) is 18.3. The number of carbonyl (C=O) groups is 1. The molecule has 4 rings (SSSR count). The summed E-state index contributed by atoms with van der Waals surface area (Å²) in [6.07, 6.45) is 4.67. The molecule has 170 valence electrons. The maximum Gasteiger partial charge on any atom is 0.245 e. The summed E-state index contributed by atoms with van der Waals surface area (Å²) >= 11 is 0. The highest BCUT2D eigenvalue weighted by molar-refractivity contribution is 5.87. The third-order valence-electron chi connectivity index (χ3n) is 5.75. The first-order chi connectivity index (χ1) is 16.0. The lowest BCUT2D eigenvalue weighted by molar-refractivity contribution is -0.127. The molecule has 2 aromatic carbocycles. The molecule has 0 atom stereocenters. The second-order valence-corrected chi connectivity index (χ2v) is 7.96. The molecule has 1 aliphatic rings. The van der Waals surface area contributed by atoms with Gasteiger partial charge in [-0.2, -0.15) is 0 Å². The van der Waals surface area contributed by atoms with Crippen LogP contribution in [0.4, 0.5) is 11.6 Å². The minimum atomic E-state index is -0.00916. The summed E-state index contributed by atoms with van der Waals surface area (Å²) in [6.45, 7) is 5.77. The number of nitrogens with two attached hydrogens (primary N) is 1. The molecule has 8 heteroatoms. The number of phenols is 1. The van der Waals surface area contributed by atoms with Crippen molar-refractivity contribution in [2.24, 2.45) is 5.92 Å². The number of hydrogen-bond donors (Lipinski definition) is 3. The fraction of sp³-hybridized carbons (Fsp3) is 0.240. The van der Waals surface area contributed by atoms with Gasteiger partial charge in [-0.1, -0.05) is 18.7 Å². The van der Waals surface area contributed by atoms with Crippen molar-refractivity contribution in [1.82, 2.24) is 14.9 Å². The highest BCUT2D eigenvalue weighted by Crippen LogP contribution is 2.33. The van der Waals surface area contributed by atoms with Crippen LogP contribution in [0.5, 0.6) is 17.2 Å². The number of aromatic hydroxyl groups is 1. The van der Waals surface area contributed by atoms with E-state index >= 15 is 0 Å². The van der Waals surface area contributed by atoms with Crippen LogP contribution in [-0.4, -0.2) is 45.5 Å². The van der Waals surface area contributed by atoms with Crippen LogP contribution in [0.15, 0.2) is 67.5 Å². The molecule has 8 nitrogen and oxygen atoms in total. The number of nitrogens with one attached hydrogen (secondary N) is 1. The number of hydrogen-bond acceptors (Lipinski definition) is 7. The van der Waals surface area contributed by atoms with Crippen LogP contribution < -0.4 is 15.8 Å². The maximum absolute atomic E-state index is 11.8. The van der Waals surface area contributed by atoms with Gasteiger partial charge in [0, 0.05) is 19.6 Å². The molecule has 0 saturated carbocycles. The van der Waals surface area contributed by atoms with Crippen LogP contribution in [0.2, 0.25) is 0 Å². The van der Waals surface area contributed by atoms with Crippen molar-refractivity contribution >= 4 is 17.5 Å². The zero-order valence-corrected chi connectivity index (χ0v) is 18.3. The molecular weight excluding hydrogens is 418 g/mol. The number of aromatic nitrogens is 2. The van der Waals surface area contributed by atoms with Crippen molar-refractivity contribution in [2.45, 2.75) is 12.8 Å². The topological polar surface area (TPSA) is 114 Å². The Bertz CT molecular complexity index is 1110. The van der Waals surface area contributed by atoms with Gasteiger partial charge in [0.05, 0.1) is 5.56 Å². The second-order valence-electron chi connectivity index (χ2n) is 7.96. The van der Waals surface area contributed by atoms with E-state index in [1.807, 2.05) is 29.2 Å². The molecule has 1 aromatic heterocycles. The summed E-state index contributed by atoms with van der Waals surface area (Å²) in [6, 6.07) is 14.1. The fourth-order valence-corrected chi connectivity index (χ4v) is 3.89. The number of nitrogens with zero attached hydrogens (tertiary/aromatic N) is 3. The van der Waals surface area contributed by atoms with Gasteiger partial charge in [-0.15, -0.1) is 0 Å². The van der Waals surface area contributed by atoms with Crippen molar-refractivity contribution < 1.29 is 14.6 Å². The minimum absolute atomic E-state index is 0.00916. The van der Waals surface area contributed by atoms with Gasteiger partial charge < -0.3 is 25.8 Å². The van der Waals surface area contributed by atoms with Crippen LogP contribution in [0.25, 0.3) is 11.1 Å². The number of phenolic OH excluding ortho intramolecular Hbond substituents is 1. The van der Waals surface area contributed by atoms with Crippen LogP contribution in [0.1, 0.15) is 12.8 Å². The zero-order chi connectivity index (χ0) is 23.2. The number of carbonyl (C=O) groups excluding carboxylic acids is 1. The van der Waals surface area contributed by atoms with Gasteiger partial charge in [0.2, 0.25) is 5.91 Å². The SMILES string of the molecule is C=CC(=O)N1CCC(CNc2ncnc(N)c2-c2ccc(Oc3ccc(O)cc3)cc2)CC1. The second kappa shape index (κ2) is 10.0. The van der Waals surface area contributed by atoms with Gasteiger partial charge in [-0.3, -0.25) is 4.79 Å². The van der Waals surface area contributed by atoms with E-state index in [1.165, 1.54) is 12.4 Å². The maximum atomic E-state index is 11.8. The molecule has 0 aliphatic carbocycles. The molecule has 0 radical (unpaired) electrons. The predicted molar refractivity (Wildman–Crippen MR) is 128 cm³/mol. The molecular formula is C25H27N5O3. The van der Waals surface area contributed by atoms with E-state index in [9.17, 15) is 9.90 Å². The first kappa shape index (κ1) is 22.1. The molecule has 1 aliphatic heterocycles. The first-order valence-corrected chi connectivity index (χ1v) is 10.9. The van der Waals surface area contributed by atoms with E-state index in [1.54, 1.807) is 24.3 Å². The van der Waals surface area contributed by atoms with E-state index < -0.39 is 0 Å². The van der Waals surface area contributed by atoms with Crippen LogP contribution >= 0.6 is 0 Å². The Morgan fingerprint density at radius 1 is 1.12 bits per heavy atom. The standard InChI is InChI=1S/C25H27N5O3/c1-2-22(32)30-13-11-17(12-14-30)15-27-25-23(24(26)28-16-29-25)18-3-7-20(8-4-18)33-21-9-5-19(31)6-10-21/h2-10,16-17,31H,1,11-15H2,(H3,26,27,28,29). The smallest absolute Gasteiger partial charge is 0.245 e. The molecule has 2 heterocycles. The molecule has 0 bridgehead atoms. The summed E-state index contributed by atoms with van der Waals surface area (Å²) in [5, 5.41) is 12.8. The van der Waals surface area contributed by atoms with Crippen LogP contribution in [-0.2, 0) is 4.79 Å². The molecule has 1 fully saturated rings. The summed E-state index contributed by atoms with van der Waals surface area (Å²) in [5.41, 5.74) is 7.82. The lowest BCUT2D eigenvalue weighted by Gasteiger charge is -2.31. The van der Waals surface area contributed by atoms with E-state index in [2.05, 4.69) is 21.9 Å². The number of ether oxygens (including phenoxy) is 1. The van der Waals surface area contributed by atoms with Crippen molar-refractivity contribution in [3.05, 3.63) is 67.5 Å². The van der Waals surface area contributed by atoms with Gasteiger partial charge in [0.15, 0.2) is 0 Å². The number of amides is 1. The number of piperidine rings is 1. The largest absolute Gasteiger partial charge is 0.508 e. The lowest BCUT2D eigenvalue weighted by atomic mass is 9.96. The average Bonchev–Trinajstić information content (AvgIpc) is 2.85. The third-order valence-corrected chi connectivity index (χ3v) is 5.75. The molecule has 0 unspecified atom stereocenters. The number of nitrogen functional groups attached to an aromatic ring is 1. The van der Waals surface area contributed by atoms with Gasteiger partial charge in [-0.25, -0.2) is 9.97 Å². The number of benzene rings is 2. The quantitative estimate of drug-likeness (QED) is 0.470. The Hall–Kier alpha value is -4.07. The Morgan fingerprint density at radius 2 is 1.76 bits per heavy atom. The van der Waals surface area contributed by atoms with E-state index in [0.29, 0.717) is 29.1 Å². The Balaban J connectivity index is 1.43. The van der Waals surface area contributed by atoms with Gasteiger partial charge in [-0.05, 0) is 66.8 Å². The molecule has 1 saturated heterocycles. The minimum Gasteiger partial charge on any atom is -0.508 e. The molecule has 1 amide bonds. The predicted octanol–water partition coefficient (Wildman–Crippen LogP) is 4.06. The number of likely N-dealkylation sites (tertiary alicyclic amines) is 1. The number of anilines is 2. The summed E-state index contributed by atoms with van der Waals surface area (Å²) in [4.78, 5) is 22.2. The Labute approximate surface area is 192 Å².